The molecule has 2 bridgehead atoms. The molecule has 6 rings (SSSR count). The number of nitrogens with zero attached hydrogens (tertiary/aromatic N) is 4. The van der Waals surface area contributed by atoms with Gasteiger partial charge in [-0.3, -0.25) is 4.98 Å². The van der Waals surface area contributed by atoms with Crippen molar-refractivity contribution in [3.8, 4) is 29.4 Å². The standard InChI is InChI=1S/C25H19F2N5O/c1-2-17-20(26)6-3-13-7-16(33)8-18(21(13)17)23-22(27)24-19(9-28-23)25(30-12-29-24)32-10-14-4-5-15(11-32)31-14/h1,3,6-9,12,14-15,31,33H,4-5,10-11H2. The highest BCUT2D eigenvalue weighted by Crippen LogP contribution is 2.38. The molecular formula is C25H19F2N5O. The van der Waals surface area contributed by atoms with E-state index < -0.39 is 11.6 Å². The van der Waals surface area contributed by atoms with Crippen molar-refractivity contribution in [2.75, 3.05) is 18.0 Å². The highest BCUT2D eigenvalue weighted by molar-refractivity contribution is 6.02. The number of aromatic hydroxyl groups is 1. The van der Waals surface area contributed by atoms with E-state index in [4.69, 9.17) is 6.42 Å². The molecular weight excluding hydrogens is 424 g/mol. The molecule has 2 aliphatic heterocycles. The van der Waals surface area contributed by atoms with E-state index in [2.05, 4.69) is 31.1 Å². The van der Waals surface area contributed by atoms with Crippen molar-refractivity contribution >= 4 is 27.5 Å². The number of phenolic OH excluding ortho intramolecular Hbond substituents is 1. The first-order chi connectivity index (χ1) is 16.0. The second-order valence-electron chi connectivity index (χ2n) is 8.58. The van der Waals surface area contributed by atoms with E-state index in [1.807, 2.05) is 0 Å². The van der Waals surface area contributed by atoms with Crippen LogP contribution in [0, 0.1) is 24.0 Å². The molecule has 0 amide bonds. The van der Waals surface area contributed by atoms with Crippen molar-refractivity contribution in [3.05, 3.63) is 54.0 Å². The lowest BCUT2D eigenvalue weighted by molar-refractivity contribution is 0.464. The Morgan fingerprint density at radius 1 is 1.09 bits per heavy atom. The summed E-state index contributed by atoms with van der Waals surface area (Å²) < 4.78 is 30.3. The molecule has 2 aromatic carbocycles. The molecule has 6 nitrogen and oxygen atoms in total. The lowest BCUT2D eigenvalue weighted by atomic mass is 9.96. The zero-order valence-electron chi connectivity index (χ0n) is 17.5. The van der Waals surface area contributed by atoms with Gasteiger partial charge in [0.1, 0.15) is 34.9 Å². The van der Waals surface area contributed by atoms with Crippen molar-refractivity contribution in [3.63, 3.8) is 0 Å². The number of hydrogen-bond acceptors (Lipinski definition) is 6. The zero-order valence-corrected chi connectivity index (χ0v) is 17.5. The number of benzene rings is 2. The van der Waals surface area contributed by atoms with Crippen molar-refractivity contribution in [1.82, 2.24) is 20.3 Å². The van der Waals surface area contributed by atoms with E-state index in [0.717, 1.165) is 25.9 Å². The number of hydrogen-bond donors (Lipinski definition) is 2. The minimum absolute atomic E-state index is 0.0107. The lowest BCUT2D eigenvalue weighted by Crippen LogP contribution is -2.51. The van der Waals surface area contributed by atoms with Gasteiger partial charge in [0.2, 0.25) is 0 Å². The Kier molecular flexibility index (Phi) is 4.42. The summed E-state index contributed by atoms with van der Waals surface area (Å²) in [7, 11) is 0. The highest BCUT2D eigenvalue weighted by atomic mass is 19.1. The Morgan fingerprint density at radius 2 is 1.88 bits per heavy atom. The lowest BCUT2D eigenvalue weighted by Gasteiger charge is -2.34. The highest BCUT2D eigenvalue weighted by Gasteiger charge is 2.33. The number of rotatable bonds is 2. The number of nitrogens with one attached hydrogen (secondary N) is 1. The quantitative estimate of drug-likeness (QED) is 0.460. The van der Waals surface area contributed by atoms with Crippen LogP contribution in [0.4, 0.5) is 14.6 Å². The molecule has 2 N–H and O–H groups in total. The Labute approximate surface area is 188 Å². The number of phenols is 1. The van der Waals surface area contributed by atoms with Gasteiger partial charge >= 0.3 is 0 Å². The van der Waals surface area contributed by atoms with Gasteiger partial charge in [0, 0.05) is 42.3 Å². The van der Waals surface area contributed by atoms with Crippen molar-refractivity contribution < 1.29 is 13.9 Å². The Hall–Kier alpha value is -3.83. The van der Waals surface area contributed by atoms with Gasteiger partial charge in [-0.1, -0.05) is 12.0 Å². The van der Waals surface area contributed by atoms with Crippen LogP contribution in [0.15, 0.2) is 36.8 Å². The van der Waals surface area contributed by atoms with Gasteiger partial charge in [-0.25, -0.2) is 18.7 Å². The minimum atomic E-state index is -0.673. The first kappa shape index (κ1) is 19.8. The molecule has 164 valence electrons. The monoisotopic (exact) mass is 443 g/mol. The normalized spacial score (nSPS) is 19.8. The molecule has 2 fully saturated rings. The maximum Gasteiger partial charge on any atom is 0.175 e. The molecule has 2 saturated heterocycles. The van der Waals surface area contributed by atoms with Crippen LogP contribution in [-0.2, 0) is 0 Å². The zero-order chi connectivity index (χ0) is 22.7. The summed E-state index contributed by atoms with van der Waals surface area (Å²) in [5.74, 6) is 1.61. The van der Waals surface area contributed by atoms with Crippen LogP contribution in [0.2, 0.25) is 0 Å². The fraction of sp³-hybridized carbons (Fsp3) is 0.240. The predicted octanol–water partition coefficient (Wildman–Crippen LogP) is 3.75. The van der Waals surface area contributed by atoms with E-state index in [1.165, 1.54) is 36.8 Å². The SMILES string of the molecule is C#Cc1c(F)ccc2cc(O)cc(-c3ncc4c(N5CC6CCC(C5)N6)ncnc4c3F)c12. The molecule has 2 aromatic heterocycles. The van der Waals surface area contributed by atoms with E-state index in [9.17, 15) is 9.50 Å². The van der Waals surface area contributed by atoms with Crippen molar-refractivity contribution in [2.24, 2.45) is 0 Å². The maximum absolute atomic E-state index is 15.9. The first-order valence-electron chi connectivity index (χ1n) is 10.8. The molecule has 0 spiro atoms. The van der Waals surface area contributed by atoms with Gasteiger partial charge in [-0.05, 0) is 36.4 Å². The Bertz CT molecular complexity index is 1470. The van der Waals surface area contributed by atoms with Gasteiger partial charge in [0.25, 0.3) is 0 Å². The summed E-state index contributed by atoms with van der Waals surface area (Å²) in [5, 5.41) is 15.1. The molecule has 2 aliphatic rings. The fourth-order valence-electron chi connectivity index (χ4n) is 5.14. The predicted molar refractivity (Wildman–Crippen MR) is 122 cm³/mol. The number of anilines is 1. The molecule has 0 aliphatic carbocycles. The largest absolute Gasteiger partial charge is 0.508 e. The van der Waals surface area contributed by atoms with Gasteiger partial charge in [-0.2, -0.15) is 0 Å². The number of halogens is 2. The summed E-state index contributed by atoms with van der Waals surface area (Å²) in [6, 6.07) is 6.30. The number of terminal acetylenes is 1. The average molecular weight is 443 g/mol. The van der Waals surface area contributed by atoms with E-state index >= 15 is 4.39 Å². The van der Waals surface area contributed by atoms with E-state index in [0.29, 0.717) is 34.1 Å². The third-order valence-corrected chi connectivity index (χ3v) is 6.57. The molecule has 2 unspecified atom stereocenters. The Morgan fingerprint density at radius 3 is 2.64 bits per heavy atom. The molecule has 0 radical (unpaired) electrons. The second kappa shape index (κ2) is 7.36. The Balaban J connectivity index is 1.56. The van der Waals surface area contributed by atoms with Crippen LogP contribution in [0.5, 0.6) is 5.75 Å². The van der Waals surface area contributed by atoms with Gasteiger partial charge in [-0.15, -0.1) is 6.42 Å². The fourth-order valence-corrected chi connectivity index (χ4v) is 5.14. The summed E-state index contributed by atoms with van der Waals surface area (Å²) in [6.07, 6.45) is 10.7. The maximum atomic E-state index is 15.9. The van der Waals surface area contributed by atoms with Crippen molar-refractivity contribution in [1.29, 1.82) is 0 Å². The number of aromatic nitrogens is 3. The number of fused-ring (bicyclic) bond motifs is 4. The third kappa shape index (κ3) is 3.08. The summed E-state index contributed by atoms with van der Waals surface area (Å²) in [4.78, 5) is 15.2. The molecule has 4 aromatic rings. The minimum Gasteiger partial charge on any atom is -0.508 e. The van der Waals surface area contributed by atoms with Crippen LogP contribution >= 0.6 is 0 Å². The van der Waals surface area contributed by atoms with Crippen molar-refractivity contribution in [2.45, 2.75) is 24.9 Å². The first-order valence-corrected chi connectivity index (χ1v) is 10.8. The van der Waals surface area contributed by atoms with E-state index in [1.54, 1.807) is 0 Å². The smallest absolute Gasteiger partial charge is 0.175 e. The van der Waals surface area contributed by atoms with Gasteiger partial charge in [0.15, 0.2) is 5.82 Å². The summed E-state index contributed by atoms with van der Waals surface area (Å²) >= 11 is 0. The van der Waals surface area contributed by atoms with Crippen LogP contribution in [0.3, 0.4) is 0 Å². The molecule has 2 atom stereocenters. The second-order valence-corrected chi connectivity index (χ2v) is 8.58. The van der Waals surface area contributed by atoms with Gasteiger partial charge in [0.05, 0.1) is 10.9 Å². The topological polar surface area (TPSA) is 74.2 Å². The summed E-state index contributed by atoms with van der Waals surface area (Å²) in [5.41, 5.74) is 0.252. The van der Waals surface area contributed by atoms with Crippen LogP contribution < -0.4 is 10.2 Å². The molecule has 0 saturated carbocycles. The van der Waals surface area contributed by atoms with Gasteiger partial charge < -0.3 is 15.3 Å². The third-order valence-electron chi connectivity index (χ3n) is 6.57. The van der Waals surface area contributed by atoms with Crippen LogP contribution in [0.1, 0.15) is 18.4 Å². The van der Waals surface area contributed by atoms with E-state index in [-0.39, 0.29) is 28.1 Å². The van der Waals surface area contributed by atoms with Crippen LogP contribution in [-0.4, -0.2) is 45.2 Å². The number of piperazine rings is 1. The van der Waals surface area contributed by atoms with Crippen LogP contribution in [0.25, 0.3) is 32.9 Å². The average Bonchev–Trinajstić information content (AvgIpc) is 3.16. The molecule has 33 heavy (non-hydrogen) atoms. The molecule has 4 heterocycles. The number of pyridine rings is 1. The molecule has 8 heteroatoms. The summed E-state index contributed by atoms with van der Waals surface area (Å²) in [6.45, 7) is 1.57.